The summed E-state index contributed by atoms with van der Waals surface area (Å²) in [6.45, 7) is 2.80. The molecule has 1 fully saturated rings. The molecule has 104 valence electrons. The molecular weight excluding hydrogens is 242 g/mol. The minimum Gasteiger partial charge on any atom is -0.496 e. The van der Waals surface area contributed by atoms with Crippen LogP contribution in [0.1, 0.15) is 24.0 Å². The number of amides is 1. The summed E-state index contributed by atoms with van der Waals surface area (Å²) in [5, 5.41) is 9.28. The average Bonchev–Trinajstić information content (AvgIpc) is 2.87. The van der Waals surface area contributed by atoms with Crippen molar-refractivity contribution >= 4 is 5.91 Å². The van der Waals surface area contributed by atoms with Gasteiger partial charge in [0.1, 0.15) is 5.75 Å². The lowest BCUT2D eigenvalue weighted by Crippen LogP contribution is -2.38. The van der Waals surface area contributed by atoms with Gasteiger partial charge >= 0.3 is 0 Å². The van der Waals surface area contributed by atoms with Crippen molar-refractivity contribution in [2.75, 3.05) is 20.3 Å². The van der Waals surface area contributed by atoms with Crippen molar-refractivity contribution in [3.63, 3.8) is 0 Å². The van der Waals surface area contributed by atoms with Crippen molar-refractivity contribution in [1.82, 2.24) is 4.90 Å². The highest BCUT2D eigenvalue weighted by Gasteiger charge is 2.28. The zero-order chi connectivity index (χ0) is 13.8. The van der Waals surface area contributed by atoms with Crippen LogP contribution < -0.4 is 4.74 Å². The topological polar surface area (TPSA) is 49.8 Å². The Morgan fingerprint density at radius 2 is 2.32 bits per heavy atom. The lowest BCUT2D eigenvalue weighted by Gasteiger charge is -2.23. The first kappa shape index (κ1) is 13.9. The first-order chi connectivity index (χ1) is 9.15. The van der Waals surface area contributed by atoms with Gasteiger partial charge in [-0.05, 0) is 25.8 Å². The lowest BCUT2D eigenvalue weighted by molar-refractivity contribution is -0.132. The molecule has 1 atom stereocenters. The van der Waals surface area contributed by atoms with Gasteiger partial charge in [-0.2, -0.15) is 0 Å². The maximum atomic E-state index is 12.3. The van der Waals surface area contributed by atoms with Crippen LogP contribution in [0.25, 0.3) is 0 Å². The van der Waals surface area contributed by atoms with Gasteiger partial charge in [0.05, 0.1) is 26.2 Å². The molecule has 0 spiro atoms. The normalized spacial score (nSPS) is 18.7. The summed E-state index contributed by atoms with van der Waals surface area (Å²) in [5.74, 6) is 0.819. The Morgan fingerprint density at radius 1 is 1.53 bits per heavy atom. The summed E-state index contributed by atoms with van der Waals surface area (Å²) < 4.78 is 5.30. The number of hydrogen-bond donors (Lipinski definition) is 1. The molecule has 1 amide bonds. The molecule has 1 saturated heterocycles. The van der Waals surface area contributed by atoms with E-state index in [-0.39, 0.29) is 18.6 Å². The number of nitrogens with zero attached hydrogens (tertiary/aromatic N) is 1. The highest BCUT2D eigenvalue weighted by Crippen LogP contribution is 2.23. The van der Waals surface area contributed by atoms with E-state index in [0.717, 1.165) is 36.3 Å². The summed E-state index contributed by atoms with van der Waals surface area (Å²) >= 11 is 0. The Bertz CT molecular complexity index is 459. The first-order valence-corrected chi connectivity index (χ1v) is 6.69. The minimum atomic E-state index is -0.0108. The predicted molar refractivity (Wildman–Crippen MR) is 73.3 cm³/mol. The summed E-state index contributed by atoms with van der Waals surface area (Å²) in [6, 6.07) is 5.84. The number of carbonyl (C=O) groups is 1. The number of aryl methyl sites for hydroxylation is 1. The van der Waals surface area contributed by atoms with Gasteiger partial charge < -0.3 is 14.7 Å². The van der Waals surface area contributed by atoms with Gasteiger partial charge in [0.2, 0.25) is 5.91 Å². The fourth-order valence-electron chi connectivity index (χ4n) is 2.66. The van der Waals surface area contributed by atoms with Gasteiger partial charge in [0.15, 0.2) is 0 Å². The van der Waals surface area contributed by atoms with Crippen LogP contribution >= 0.6 is 0 Å². The predicted octanol–water partition coefficient (Wildman–Crippen LogP) is 1.53. The number of rotatable bonds is 4. The van der Waals surface area contributed by atoms with E-state index < -0.39 is 0 Å². The lowest BCUT2D eigenvalue weighted by atomic mass is 10.1. The van der Waals surface area contributed by atoms with Gasteiger partial charge in [-0.1, -0.05) is 17.7 Å². The van der Waals surface area contributed by atoms with Gasteiger partial charge in [0.25, 0.3) is 0 Å². The zero-order valence-electron chi connectivity index (χ0n) is 11.6. The van der Waals surface area contributed by atoms with Crippen molar-refractivity contribution in [2.45, 2.75) is 32.2 Å². The summed E-state index contributed by atoms with van der Waals surface area (Å²) in [4.78, 5) is 14.1. The Kier molecular flexibility index (Phi) is 4.43. The Labute approximate surface area is 114 Å². The van der Waals surface area contributed by atoms with Crippen molar-refractivity contribution in [3.05, 3.63) is 29.3 Å². The second kappa shape index (κ2) is 6.06. The molecule has 1 N–H and O–H groups in total. The van der Waals surface area contributed by atoms with E-state index in [9.17, 15) is 9.90 Å². The number of methoxy groups -OCH3 is 1. The van der Waals surface area contributed by atoms with Crippen molar-refractivity contribution in [2.24, 2.45) is 0 Å². The molecular formula is C15H21NO3. The van der Waals surface area contributed by atoms with Gasteiger partial charge in [0, 0.05) is 12.1 Å². The zero-order valence-corrected chi connectivity index (χ0v) is 11.6. The summed E-state index contributed by atoms with van der Waals surface area (Å²) in [5.41, 5.74) is 2.03. The third-order valence-electron chi connectivity index (χ3n) is 3.69. The van der Waals surface area contributed by atoms with Crippen LogP contribution in [0, 0.1) is 6.92 Å². The average molecular weight is 263 g/mol. The van der Waals surface area contributed by atoms with Crippen molar-refractivity contribution in [3.8, 4) is 5.75 Å². The molecule has 1 aromatic carbocycles. The number of benzene rings is 1. The van der Waals surface area contributed by atoms with E-state index in [1.54, 1.807) is 12.0 Å². The van der Waals surface area contributed by atoms with E-state index in [2.05, 4.69) is 0 Å². The molecule has 4 nitrogen and oxygen atoms in total. The largest absolute Gasteiger partial charge is 0.496 e. The fourth-order valence-corrected chi connectivity index (χ4v) is 2.66. The van der Waals surface area contributed by atoms with Crippen LogP contribution in [0.5, 0.6) is 5.75 Å². The molecule has 19 heavy (non-hydrogen) atoms. The molecule has 1 aliphatic heterocycles. The molecule has 0 saturated carbocycles. The van der Waals surface area contributed by atoms with E-state index in [1.165, 1.54) is 0 Å². The summed E-state index contributed by atoms with van der Waals surface area (Å²) in [6.07, 6.45) is 2.20. The Hall–Kier alpha value is -1.55. The maximum absolute atomic E-state index is 12.3. The van der Waals surface area contributed by atoms with E-state index >= 15 is 0 Å². The molecule has 0 aliphatic carbocycles. The SMILES string of the molecule is COc1ccc(C)cc1CC(=O)N1CCC[C@H]1CO. The minimum absolute atomic E-state index is 0.0108. The molecule has 2 rings (SSSR count). The quantitative estimate of drug-likeness (QED) is 0.896. The smallest absolute Gasteiger partial charge is 0.227 e. The molecule has 0 unspecified atom stereocenters. The van der Waals surface area contributed by atoms with E-state index in [4.69, 9.17) is 4.74 Å². The van der Waals surface area contributed by atoms with Crippen LogP contribution in [-0.4, -0.2) is 42.2 Å². The van der Waals surface area contributed by atoms with E-state index in [0.29, 0.717) is 6.42 Å². The summed E-state index contributed by atoms with van der Waals surface area (Å²) in [7, 11) is 1.62. The van der Waals surface area contributed by atoms with E-state index in [1.807, 2.05) is 25.1 Å². The Balaban J connectivity index is 2.12. The number of hydrogen-bond acceptors (Lipinski definition) is 3. The van der Waals surface area contributed by atoms with Gasteiger partial charge in [-0.25, -0.2) is 0 Å². The third kappa shape index (κ3) is 3.07. The highest BCUT2D eigenvalue weighted by molar-refractivity contribution is 5.80. The monoisotopic (exact) mass is 263 g/mol. The van der Waals surface area contributed by atoms with Gasteiger partial charge in [-0.15, -0.1) is 0 Å². The number of ether oxygens (including phenoxy) is 1. The number of likely N-dealkylation sites (tertiary alicyclic amines) is 1. The highest BCUT2D eigenvalue weighted by atomic mass is 16.5. The van der Waals surface area contributed by atoms with Crippen LogP contribution in [0.3, 0.4) is 0 Å². The van der Waals surface area contributed by atoms with Crippen LogP contribution in [-0.2, 0) is 11.2 Å². The molecule has 0 bridgehead atoms. The molecule has 0 aromatic heterocycles. The standard InChI is InChI=1S/C15H21NO3/c1-11-5-6-14(19-2)12(8-11)9-15(18)16-7-3-4-13(16)10-17/h5-6,8,13,17H,3-4,7,9-10H2,1-2H3/t13-/m0/s1. The van der Waals surface area contributed by atoms with Crippen molar-refractivity contribution < 1.29 is 14.6 Å². The number of carbonyl (C=O) groups excluding carboxylic acids is 1. The fraction of sp³-hybridized carbons (Fsp3) is 0.533. The van der Waals surface area contributed by atoms with Crippen LogP contribution in [0.2, 0.25) is 0 Å². The van der Waals surface area contributed by atoms with Crippen molar-refractivity contribution in [1.29, 1.82) is 0 Å². The Morgan fingerprint density at radius 3 is 3.00 bits per heavy atom. The third-order valence-corrected chi connectivity index (χ3v) is 3.69. The molecule has 4 heteroatoms. The number of aliphatic hydroxyl groups is 1. The molecule has 1 aliphatic rings. The second-order valence-electron chi connectivity index (χ2n) is 5.06. The maximum Gasteiger partial charge on any atom is 0.227 e. The van der Waals surface area contributed by atoms with Gasteiger partial charge in [-0.3, -0.25) is 4.79 Å². The number of aliphatic hydroxyl groups excluding tert-OH is 1. The van der Waals surface area contributed by atoms with Crippen LogP contribution in [0.4, 0.5) is 0 Å². The molecule has 1 heterocycles. The van der Waals surface area contributed by atoms with Crippen LogP contribution in [0.15, 0.2) is 18.2 Å². The molecule has 1 aromatic rings. The first-order valence-electron chi connectivity index (χ1n) is 6.69. The second-order valence-corrected chi connectivity index (χ2v) is 5.06. The molecule has 0 radical (unpaired) electrons.